The van der Waals surface area contributed by atoms with E-state index in [4.69, 9.17) is 11.6 Å². The second-order valence-electron chi connectivity index (χ2n) is 6.24. The number of nitrogens with zero attached hydrogens (tertiary/aromatic N) is 1. The van der Waals surface area contributed by atoms with Gasteiger partial charge in [-0.15, -0.1) is 0 Å². The fourth-order valence-electron chi connectivity index (χ4n) is 3.03. The van der Waals surface area contributed by atoms with Crippen molar-refractivity contribution in [3.63, 3.8) is 0 Å². The zero-order valence-electron chi connectivity index (χ0n) is 12.0. The molecule has 2 unspecified atom stereocenters. The summed E-state index contributed by atoms with van der Waals surface area (Å²) in [6, 6.07) is 4.93. The van der Waals surface area contributed by atoms with E-state index in [0.29, 0.717) is 34.9 Å². The van der Waals surface area contributed by atoms with Crippen LogP contribution in [0, 0.1) is 23.6 Å². The van der Waals surface area contributed by atoms with Crippen molar-refractivity contribution in [2.75, 3.05) is 13.1 Å². The van der Waals surface area contributed by atoms with Gasteiger partial charge in [0.05, 0.1) is 0 Å². The van der Waals surface area contributed by atoms with Crippen molar-refractivity contribution in [1.29, 1.82) is 0 Å². The molecule has 1 nitrogen and oxygen atoms in total. The molecular weight excluding hydrogens is 261 g/mol. The fraction of sp³-hybridized carbons (Fsp3) is 0.625. The van der Waals surface area contributed by atoms with Crippen LogP contribution in [0.15, 0.2) is 18.2 Å². The third-order valence-corrected chi connectivity index (χ3v) is 4.51. The molecule has 0 aromatic heterocycles. The van der Waals surface area contributed by atoms with E-state index in [9.17, 15) is 4.39 Å². The Hall–Kier alpha value is -0.600. The minimum absolute atomic E-state index is 0.188. The molecule has 1 heterocycles. The first-order valence-corrected chi connectivity index (χ1v) is 7.50. The lowest BCUT2D eigenvalue weighted by Crippen LogP contribution is -2.41. The van der Waals surface area contributed by atoms with Crippen molar-refractivity contribution in [3.8, 4) is 0 Å². The molecule has 1 aliphatic heterocycles. The van der Waals surface area contributed by atoms with Crippen LogP contribution in [-0.2, 0) is 6.54 Å². The molecule has 0 spiro atoms. The highest BCUT2D eigenvalue weighted by atomic mass is 35.5. The lowest BCUT2D eigenvalue weighted by atomic mass is 9.83. The fourth-order valence-corrected chi connectivity index (χ4v) is 3.25. The lowest BCUT2D eigenvalue weighted by molar-refractivity contribution is 0.100. The third kappa shape index (κ3) is 3.70. The van der Waals surface area contributed by atoms with E-state index in [2.05, 4.69) is 25.7 Å². The number of benzene rings is 1. The van der Waals surface area contributed by atoms with E-state index in [1.54, 1.807) is 12.1 Å². The zero-order chi connectivity index (χ0) is 14.0. The number of hydrogen-bond donors (Lipinski definition) is 0. The molecule has 2 atom stereocenters. The molecule has 1 fully saturated rings. The van der Waals surface area contributed by atoms with Crippen LogP contribution in [0.4, 0.5) is 4.39 Å². The first-order valence-electron chi connectivity index (χ1n) is 7.12. The Morgan fingerprint density at radius 2 is 2.11 bits per heavy atom. The first-order chi connectivity index (χ1) is 8.97. The molecule has 0 aliphatic carbocycles. The van der Waals surface area contributed by atoms with Gasteiger partial charge in [-0.05, 0) is 36.3 Å². The van der Waals surface area contributed by atoms with Gasteiger partial charge in [-0.3, -0.25) is 4.90 Å². The largest absolute Gasteiger partial charge is 0.298 e. The third-order valence-electron chi connectivity index (χ3n) is 4.15. The quantitative estimate of drug-likeness (QED) is 0.784. The summed E-state index contributed by atoms with van der Waals surface area (Å²) >= 11 is 6.12. The van der Waals surface area contributed by atoms with Gasteiger partial charge in [-0.2, -0.15) is 0 Å². The molecule has 3 heteroatoms. The lowest BCUT2D eigenvalue weighted by Gasteiger charge is -2.38. The van der Waals surface area contributed by atoms with E-state index >= 15 is 0 Å². The van der Waals surface area contributed by atoms with E-state index < -0.39 is 0 Å². The second kappa shape index (κ2) is 6.23. The molecule has 1 aromatic rings. The van der Waals surface area contributed by atoms with Crippen LogP contribution in [0.3, 0.4) is 0 Å². The maximum absolute atomic E-state index is 13.8. The summed E-state index contributed by atoms with van der Waals surface area (Å²) in [6.45, 7) is 9.54. The monoisotopic (exact) mass is 283 g/mol. The normalized spacial score (nSPS) is 24.9. The summed E-state index contributed by atoms with van der Waals surface area (Å²) in [5, 5.41) is 0.541. The Balaban J connectivity index is 2.10. The molecule has 0 bridgehead atoms. The zero-order valence-corrected chi connectivity index (χ0v) is 12.8. The van der Waals surface area contributed by atoms with Crippen molar-refractivity contribution in [3.05, 3.63) is 34.6 Å². The molecule has 19 heavy (non-hydrogen) atoms. The van der Waals surface area contributed by atoms with E-state index in [1.807, 2.05) is 0 Å². The molecular formula is C16H23ClFN. The Morgan fingerprint density at radius 3 is 2.74 bits per heavy atom. The maximum atomic E-state index is 13.8. The summed E-state index contributed by atoms with van der Waals surface area (Å²) in [6.07, 6.45) is 1.28. The van der Waals surface area contributed by atoms with E-state index in [-0.39, 0.29) is 5.82 Å². The van der Waals surface area contributed by atoms with Crippen LogP contribution in [0.1, 0.15) is 32.8 Å². The van der Waals surface area contributed by atoms with Gasteiger partial charge in [0.15, 0.2) is 0 Å². The molecule has 2 rings (SSSR count). The SMILES string of the molecule is CC1CC(C(C)C)CN(Cc2c(F)cccc2Cl)C1. The van der Waals surface area contributed by atoms with Crippen LogP contribution < -0.4 is 0 Å². The van der Waals surface area contributed by atoms with E-state index in [0.717, 1.165) is 13.1 Å². The molecule has 0 amide bonds. The minimum atomic E-state index is -0.188. The van der Waals surface area contributed by atoms with E-state index in [1.165, 1.54) is 12.5 Å². The number of hydrogen-bond acceptors (Lipinski definition) is 1. The average Bonchev–Trinajstić information content (AvgIpc) is 2.33. The van der Waals surface area contributed by atoms with Gasteiger partial charge in [-0.25, -0.2) is 4.39 Å². The van der Waals surface area contributed by atoms with Gasteiger partial charge < -0.3 is 0 Å². The van der Waals surface area contributed by atoms with Crippen molar-refractivity contribution < 1.29 is 4.39 Å². The number of likely N-dealkylation sites (tertiary alicyclic amines) is 1. The van der Waals surface area contributed by atoms with Gasteiger partial charge in [0, 0.05) is 30.2 Å². The summed E-state index contributed by atoms with van der Waals surface area (Å²) in [7, 11) is 0. The molecule has 0 radical (unpaired) electrons. The topological polar surface area (TPSA) is 3.24 Å². The standard InChI is InChI=1S/C16H23ClFN/c1-11(2)13-7-12(3)8-19(9-13)10-14-15(17)5-4-6-16(14)18/h4-6,11-13H,7-10H2,1-3H3. The second-order valence-corrected chi connectivity index (χ2v) is 6.65. The van der Waals surface area contributed by atoms with Crippen molar-refractivity contribution in [2.24, 2.45) is 17.8 Å². The Labute approximate surface area is 120 Å². The van der Waals surface area contributed by atoms with Gasteiger partial charge in [0.1, 0.15) is 5.82 Å². The highest BCUT2D eigenvalue weighted by Gasteiger charge is 2.27. The Bertz CT molecular complexity index is 413. The maximum Gasteiger partial charge on any atom is 0.129 e. The Kier molecular flexibility index (Phi) is 4.86. The van der Waals surface area contributed by atoms with Crippen molar-refractivity contribution >= 4 is 11.6 Å². The smallest absolute Gasteiger partial charge is 0.129 e. The van der Waals surface area contributed by atoms with Crippen molar-refractivity contribution in [2.45, 2.75) is 33.7 Å². The average molecular weight is 284 g/mol. The van der Waals surface area contributed by atoms with Gasteiger partial charge in [0.25, 0.3) is 0 Å². The molecule has 106 valence electrons. The first kappa shape index (κ1) is 14.8. The van der Waals surface area contributed by atoms with Crippen LogP contribution in [-0.4, -0.2) is 18.0 Å². The molecule has 1 saturated heterocycles. The van der Waals surface area contributed by atoms with Gasteiger partial charge in [0.2, 0.25) is 0 Å². The summed E-state index contributed by atoms with van der Waals surface area (Å²) in [5.41, 5.74) is 0.640. The van der Waals surface area contributed by atoms with Gasteiger partial charge in [-0.1, -0.05) is 38.4 Å². The Morgan fingerprint density at radius 1 is 1.37 bits per heavy atom. The number of halogens is 2. The predicted octanol–water partition coefficient (Wildman–Crippen LogP) is 4.59. The molecule has 1 aliphatic rings. The summed E-state index contributed by atoms with van der Waals surface area (Å²) in [5.74, 6) is 1.87. The number of piperidine rings is 1. The van der Waals surface area contributed by atoms with Crippen LogP contribution in [0.25, 0.3) is 0 Å². The highest BCUT2D eigenvalue weighted by Crippen LogP contribution is 2.29. The summed E-state index contributed by atoms with van der Waals surface area (Å²) in [4.78, 5) is 2.35. The van der Waals surface area contributed by atoms with Crippen molar-refractivity contribution in [1.82, 2.24) is 4.90 Å². The number of rotatable bonds is 3. The molecule has 1 aromatic carbocycles. The van der Waals surface area contributed by atoms with Crippen LogP contribution in [0.2, 0.25) is 5.02 Å². The highest BCUT2D eigenvalue weighted by molar-refractivity contribution is 6.31. The van der Waals surface area contributed by atoms with Gasteiger partial charge >= 0.3 is 0 Å². The molecule has 0 N–H and O–H groups in total. The van der Waals surface area contributed by atoms with Crippen LogP contribution in [0.5, 0.6) is 0 Å². The molecule has 0 saturated carbocycles. The van der Waals surface area contributed by atoms with Crippen LogP contribution >= 0.6 is 11.6 Å². The predicted molar refractivity (Wildman–Crippen MR) is 78.8 cm³/mol. The minimum Gasteiger partial charge on any atom is -0.298 e. The summed E-state index contributed by atoms with van der Waals surface area (Å²) < 4.78 is 13.8.